The van der Waals surface area contributed by atoms with Crippen LogP contribution in [-0.4, -0.2) is 0 Å². The second-order valence-corrected chi connectivity index (χ2v) is 15.8. The molecule has 266 valence electrons. The van der Waals surface area contributed by atoms with Gasteiger partial charge in [0.1, 0.15) is 0 Å². The summed E-state index contributed by atoms with van der Waals surface area (Å²) < 4.78 is 54.0. The molecule has 0 saturated heterocycles. The van der Waals surface area contributed by atoms with Gasteiger partial charge in [0.05, 0.1) is 0 Å². The van der Waals surface area contributed by atoms with E-state index in [1.165, 1.54) is 0 Å². The summed E-state index contributed by atoms with van der Waals surface area (Å²) in [7, 11) is 0. The lowest BCUT2D eigenvalue weighted by molar-refractivity contribution is -0.453. The fourth-order valence-corrected chi connectivity index (χ4v) is 11.5. The summed E-state index contributed by atoms with van der Waals surface area (Å²) in [5.41, 5.74) is 11.5. The fourth-order valence-electron chi connectivity index (χ4n) is 11.5. The minimum atomic E-state index is -1.47. The van der Waals surface area contributed by atoms with Gasteiger partial charge < -0.3 is 33.2 Å². The van der Waals surface area contributed by atoms with Gasteiger partial charge in [0, 0.05) is 77.9 Å². The summed E-state index contributed by atoms with van der Waals surface area (Å²) in [6, 6.07) is 57.4. The molecule has 7 bridgehead atoms. The quantitative estimate of drug-likeness (QED) is 0.155. The molecule has 0 N–H and O–H groups in total. The zero-order valence-electron chi connectivity index (χ0n) is 29.5. The van der Waals surface area contributed by atoms with E-state index >= 15 is 0 Å². The number of ether oxygens (including phenoxy) is 7. The normalized spacial score (nSPS) is 35.5. The molecule has 0 unspecified atom stereocenters. The van der Waals surface area contributed by atoms with Crippen LogP contribution in [0.25, 0.3) is 0 Å². The van der Waals surface area contributed by atoms with Gasteiger partial charge >= 0.3 is 0 Å². The summed E-state index contributed by atoms with van der Waals surface area (Å²) >= 11 is 0. The third kappa shape index (κ3) is 2.77. The maximum Gasteiger partial charge on any atom is 0.229 e. The molecule has 0 amide bonds. The van der Waals surface area contributed by atoms with Gasteiger partial charge in [0.2, 0.25) is 40.5 Å². The smallest absolute Gasteiger partial charge is 0.229 e. The standard InChI is InChI=1S/C49H28O7/c1-2-16-30-29(15-1)43-31-17-3-4-18-32(31)45(51-43)35-21-7-8-22-36(35)47(53-45)39-25-11-12-26-40(39)49(55-47)42-28-14-13-27-41(42)48(56-49)38-24-10-9-23-37(38)46(54-48)34-20-6-5-19-33(34)44(30,50-43)52-46/h1-28H. The average molecular weight is 729 g/mol. The Balaban J connectivity index is 1.15. The molecule has 0 aromatic heterocycles. The average Bonchev–Trinajstić information content (AvgIpc) is 4.07. The van der Waals surface area contributed by atoms with E-state index in [1.54, 1.807) is 0 Å². The SMILES string of the molecule is c1ccc2c(c1)C13OC24OC2(OC5(OC6(OC7(OC(O1)(c1ccccc13)c1ccccc17)c1ccccc16)c1ccccc15)c1ccccc12)c1ccccc14. The Kier molecular flexibility index (Phi) is 4.72. The van der Waals surface area contributed by atoms with Crippen LogP contribution in [0, 0.1) is 0 Å². The predicted molar refractivity (Wildman–Crippen MR) is 198 cm³/mol. The molecule has 0 saturated carbocycles. The van der Waals surface area contributed by atoms with Crippen LogP contribution in [0.15, 0.2) is 170 Å². The van der Waals surface area contributed by atoms with Crippen LogP contribution in [0.4, 0.5) is 0 Å². The highest BCUT2D eigenvalue weighted by Gasteiger charge is 2.79. The Labute approximate surface area is 320 Å². The van der Waals surface area contributed by atoms with Crippen molar-refractivity contribution >= 4 is 0 Å². The summed E-state index contributed by atoms with van der Waals surface area (Å²) in [5, 5.41) is 0. The molecule has 7 heteroatoms. The van der Waals surface area contributed by atoms with Gasteiger partial charge in [-0.15, -0.1) is 0 Å². The van der Waals surface area contributed by atoms with E-state index in [0.717, 1.165) is 77.9 Å². The van der Waals surface area contributed by atoms with E-state index in [0.29, 0.717) is 0 Å². The first-order valence-corrected chi connectivity index (χ1v) is 19.1. The molecule has 7 aliphatic heterocycles. The second kappa shape index (κ2) is 8.94. The largest absolute Gasteiger partial charge is 0.301 e. The molecule has 7 heterocycles. The highest BCUT2D eigenvalue weighted by Crippen LogP contribution is 2.75. The summed E-state index contributed by atoms with van der Waals surface area (Å²) in [6.07, 6.45) is 0. The second-order valence-electron chi connectivity index (χ2n) is 15.8. The fraction of sp³-hybridized carbons (Fsp3) is 0.143. The number of rotatable bonds is 0. The van der Waals surface area contributed by atoms with Crippen molar-refractivity contribution in [3.63, 3.8) is 0 Å². The number of hydrogen-bond acceptors (Lipinski definition) is 7. The van der Waals surface area contributed by atoms with E-state index in [9.17, 15) is 0 Å². The van der Waals surface area contributed by atoms with Crippen LogP contribution in [-0.2, 0) is 73.7 Å². The predicted octanol–water partition coefficient (Wildman–Crippen LogP) is 8.62. The maximum atomic E-state index is 7.71. The highest BCUT2D eigenvalue weighted by molar-refractivity contribution is 5.66. The molecule has 15 rings (SSSR count). The molecule has 7 spiro atoms. The zero-order chi connectivity index (χ0) is 36.3. The first kappa shape index (κ1) is 29.5. The van der Waals surface area contributed by atoms with Gasteiger partial charge in [-0.3, -0.25) is 0 Å². The molecule has 0 atom stereocenters. The van der Waals surface area contributed by atoms with Gasteiger partial charge in [-0.25, -0.2) is 0 Å². The van der Waals surface area contributed by atoms with Crippen molar-refractivity contribution in [2.45, 2.75) is 40.5 Å². The highest BCUT2D eigenvalue weighted by atomic mass is 16.9. The molecule has 7 nitrogen and oxygen atoms in total. The van der Waals surface area contributed by atoms with Gasteiger partial charge in [-0.2, -0.15) is 0 Å². The Morgan fingerprint density at radius 3 is 0.339 bits per heavy atom. The third-order valence-electron chi connectivity index (χ3n) is 13.5. The minimum Gasteiger partial charge on any atom is -0.301 e. The molecular formula is C49H28O7. The maximum absolute atomic E-state index is 7.71. The van der Waals surface area contributed by atoms with Crippen molar-refractivity contribution in [3.05, 3.63) is 248 Å². The van der Waals surface area contributed by atoms with Gasteiger partial charge in [0.15, 0.2) is 0 Å². The Bertz CT molecular complexity index is 2230. The van der Waals surface area contributed by atoms with E-state index in [1.807, 2.05) is 84.9 Å². The van der Waals surface area contributed by atoms with Crippen LogP contribution in [0.1, 0.15) is 77.9 Å². The van der Waals surface area contributed by atoms with Crippen LogP contribution in [0.2, 0.25) is 0 Å². The topological polar surface area (TPSA) is 64.6 Å². The lowest BCUT2D eigenvalue weighted by Crippen LogP contribution is -2.43. The number of hydrogen-bond donors (Lipinski definition) is 0. The Hall–Kier alpha value is -5.74. The number of benzene rings is 7. The van der Waals surface area contributed by atoms with Crippen molar-refractivity contribution in [2.75, 3.05) is 0 Å². The lowest BCUT2D eigenvalue weighted by atomic mass is 9.87. The molecule has 7 aromatic rings. The van der Waals surface area contributed by atoms with Crippen LogP contribution < -0.4 is 0 Å². The third-order valence-corrected chi connectivity index (χ3v) is 13.5. The zero-order valence-corrected chi connectivity index (χ0v) is 29.5. The van der Waals surface area contributed by atoms with E-state index in [2.05, 4.69) is 84.9 Å². The van der Waals surface area contributed by atoms with Crippen molar-refractivity contribution in [3.8, 4) is 0 Å². The Morgan fingerprint density at radius 2 is 0.250 bits per heavy atom. The van der Waals surface area contributed by atoms with E-state index in [-0.39, 0.29) is 0 Å². The minimum absolute atomic E-state index is 0.821. The molecule has 0 radical (unpaired) electrons. The molecular weight excluding hydrogens is 701 g/mol. The van der Waals surface area contributed by atoms with Crippen LogP contribution in [0.3, 0.4) is 0 Å². The Morgan fingerprint density at radius 1 is 0.161 bits per heavy atom. The van der Waals surface area contributed by atoms with Crippen LogP contribution >= 0.6 is 0 Å². The summed E-state index contributed by atoms with van der Waals surface area (Å²) in [6.45, 7) is 0. The van der Waals surface area contributed by atoms with Gasteiger partial charge in [-0.05, 0) is 0 Å². The van der Waals surface area contributed by atoms with E-state index < -0.39 is 40.5 Å². The van der Waals surface area contributed by atoms with E-state index in [4.69, 9.17) is 33.2 Å². The molecule has 0 fully saturated rings. The monoisotopic (exact) mass is 728 g/mol. The molecule has 1 aliphatic carbocycles. The molecule has 8 aliphatic rings. The first-order valence-electron chi connectivity index (χ1n) is 19.1. The summed E-state index contributed by atoms with van der Waals surface area (Å²) in [4.78, 5) is 0. The van der Waals surface area contributed by atoms with Crippen molar-refractivity contribution in [1.82, 2.24) is 0 Å². The van der Waals surface area contributed by atoms with Gasteiger partial charge in [0.25, 0.3) is 0 Å². The molecule has 7 aromatic carbocycles. The first-order chi connectivity index (χ1) is 27.5. The van der Waals surface area contributed by atoms with Gasteiger partial charge in [-0.1, -0.05) is 170 Å². The van der Waals surface area contributed by atoms with Crippen LogP contribution in [0.5, 0.6) is 0 Å². The molecule has 56 heavy (non-hydrogen) atoms. The van der Waals surface area contributed by atoms with Crippen molar-refractivity contribution in [1.29, 1.82) is 0 Å². The lowest BCUT2D eigenvalue weighted by Gasteiger charge is -2.38. The van der Waals surface area contributed by atoms with Crippen molar-refractivity contribution in [2.24, 2.45) is 0 Å². The summed E-state index contributed by atoms with van der Waals surface area (Å²) in [5.74, 6) is -10.3. The van der Waals surface area contributed by atoms with Crippen molar-refractivity contribution < 1.29 is 33.2 Å².